The molecule has 0 fully saturated rings. The van der Waals surface area contributed by atoms with E-state index in [0.717, 1.165) is 0 Å². The van der Waals surface area contributed by atoms with Crippen molar-refractivity contribution in [1.82, 2.24) is 0 Å². The van der Waals surface area contributed by atoms with Gasteiger partial charge < -0.3 is 14.8 Å². The van der Waals surface area contributed by atoms with Crippen LogP contribution in [0, 0.1) is 0 Å². The highest BCUT2D eigenvalue weighted by atomic mass is 32.5. The monoisotopic (exact) mass is 211 g/mol. The summed E-state index contributed by atoms with van der Waals surface area (Å²) in [5, 5.41) is 0. The van der Waals surface area contributed by atoms with Crippen molar-refractivity contribution in [1.29, 1.82) is 0 Å². The van der Waals surface area contributed by atoms with Gasteiger partial charge in [-0.15, -0.1) is 0 Å². The van der Waals surface area contributed by atoms with Crippen LogP contribution in [0.1, 0.15) is 13.8 Å². The Balaban J connectivity index is 4.18. The highest BCUT2D eigenvalue weighted by Gasteiger charge is 2.20. The zero-order chi connectivity index (χ0) is 9.61. The summed E-state index contributed by atoms with van der Waals surface area (Å²) in [4.78, 5) is 10.6. The number of primary amides is 1. The van der Waals surface area contributed by atoms with Gasteiger partial charge >= 0.3 is 0 Å². The van der Waals surface area contributed by atoms with E-state index < -0.39 is 12.4 Å². The lowest BCUT2D eigenvalue weighted by Crippen LogP contribution is -2.17. The first-order chi connectivity index (χ1) is 5.54. The highest BCUT2D eigenvalue weighted by molar-refractivity contribution is 8.10. The molecule has 0 saturated heterocycles. The molecule has 1 amide bonds. The molecule has 0 aromatic rings. The zero-order valence-corrected chi connectivity index (χ0v) is 8.99. The van der Waals surface area contributed by atoms with E-state index in [4.69, 9.17) is 26.6 Å². The second kappa shape index (κ2) is 5.65. The van der Waals surface area contributed by atoms with Crippen molar-refractivity contribution in [3.63, 3.8) is 0 Å². The number of rotatable bonds is 6. The van der Waals surface area contributed by atoms with Crippen molar-refractivity contribution in [2.24, 2.45) is 5.73 Å². The molecule has 0 rings (SSSR count). The van der Waals surface area contributed by atoms with E-state index in [1.807, 2.05) is 0 Å². The molecule has 0 bridgehead atoms. The molecule has 2 N–H and O–H groups in total. The third kappa shape index (κ3) is 4.83. The van der Waals surface area contributed by atoms with Gasteiger partial charge in [0.15, 0.2) is 6.49 Å². The van der Waals surface area contributed by atoms with Gasteiger partial charge in [-0.3, -0.25) is 4.79 Å². The molecule has 0 aliphatic heterocycles. The predicted molar refractivity (Wildman–Crippen MR) is 51.6 cm³/mol. The number of hydrogen-bond acceptors (Lipinski definition) is 4. The van der Waals surface area contributed by atoms with Gasteiger partial charge in [-0.2, -0.15) is 0 Å². The quantitative estimate of drug-likeness (QED) is 0.662. The molecule has 12 heavy (non-hydrogen) atoms. The summed E-state index contributed by atoms with van der Waals surface area (Å²) in [5.74, 6) is -0.472. The number of carbonyl (C=O) groups excluding carboxylic acids is 1. The van der Waals surface area contributed by atoms with E-state index in [9.17, 15) is 4.79 Å². The van der Waals surface area contributed by atoms with E-state index in [2.05, 4.69) is 0 Å². The highest BCUT2D eigenvalue weighted by Crippen LogP contribution is 2.47. The number of carbonyl (C=O) groups is 1. The van der Waals surface area contributed by atoms with Crippen LogP contribution in [0.5, 0.6) is 0 Å². The standard InChI is InChI=1S/C6H14NO3PS/c1-3-9-11(12,10-4-2)5-6(7)8/h3-5H2,1-2H3,(H2,7,8). The van der Waals surface area contributed by atoms with Crippen LogP contribution in [-0.4, -0.2) is 25.3 Å². The second-order valence-corrected chi connectivity index (χ2v) is 5.79. The van der Waals surface area contributed by atoms with Gasteiger partial charge in [-0.05, 0) is 25.7 Å². The van der Waals surface area contributed by atoms with Crippen molar-refractivity contribution in [2.75, 3.05) is 19.4 Å². The molecule has 0 aliphatic carbocycles. The summed E-state index contributed by atoms with van der Waals surface area (Å²) in [6.07, 6.45) is 0.0179. The van der Waals surface area contributed by atoms with E-state index in [1.165, 1.54) is 0 Å². The molecule has 0 spiro atoms. The third-order valence-electron chi connectivity index (χ3n) is 1.00. The van der Waals surface area contributed by atoms with E-state index in [-0.39, 0.29) is 6.16 Å². The lowest BCUT2D eigenvalue weighted by Gasteiger charge is -2.18. The topological polar surface area (TPSA) is 61.5 Å². The van der Waals surface area contributed by atoms with Gasteiger partial charge in [0, 0.05) is 0 Å². The van der Waals surface area contributed by atoms with Gasteiger partial charge in [0.2, 0.25) is 5.91 Å². The van der Waals surface area contributed by atoms with E-state index in [0.29, 0.717) is 13.2 Å². The summed E-state index contributed by atoms with van der Waals surface area (Å²) >= 11 is 5.04. The first-order valence-electron chi connectivity index (χ1n) is 3.70. The summed E-state index contributed by atoms with van der Waals surface area (Å²) < 4.78 is 10.4. The van der Waals surface area contributed by atoms with Crippen molar-refractivity contribution in [3.8, 4) is 0 Å². The lowest BCUT2D eigenvalue weighted by atomic mass is 10.8. The molecule has 4 nitrogen and oxygen atoms in total. The number of hydrogen-bond donors (Lipinski definition) is 1. The smallest absolute Gasteiger partial charge is 0.227 e. The molecule has 0 unspecified atom stereocenters. The van der Waals surface area contributed by atoms with Crippen LogP contribution in [0.15, 0.2) is 0 Å². The summed E-state index contributed by atoms with van der Waals surface area (Å²) in [6.45, 7) is 2.09. The van der Waals surface area contributed by atoms with Crippen LogP contribution < -0.4 is 5.73 Å². The largest absolute Gasteiger partial charge is 0.369 e. The molecular weight excluding hydrogens is 197 g/mol. The Bertz CT molecular complexity index is 187. The maximum absolute atomic E-state index is 10.6. The molecule has 0 aromatic carbocycles. The van der Waals surface area contributed by atoms with E-state index in [1.54, 1.807) is 13.8 Å². The summed E-state index contributed by atoms with van der Waals surface area (Å²) in [5.41, 5.74) is 5.00. The van der Waals surface area contributed by atoms with Crippen LogP contribution in [-0.2, 0) is 25.6 Å². The average Bonchev–Trinajstić information content (AvgIpc) is 1.85. The van der Waals surface area contributed by atoms with Gasteiger partial charge in [-0.1, -0.05) is 0 Å². The zero-order valence-electron chi connectivity index (χ0n) is 7.28. The molecule has 0 saturated carbocycles. The maximum atomic E-state index is 10.6. The fraction of sp³-hybridized carbons (Fsp3) is 0.833. The number of amides is 1. The van der Waals surface area contributed by atoms with Crippen molar-refractivity contribution in [3.05, 3.63) is 0 Å². The number of nitrogens with two attached hydrogens (primary N) is 1. The molecule has 0 aliphatic rings. The minimum Gasteiger partial charge on any atom is -0.369 e. The first-order valence-corrected chi connectivity index (χ1v) is 6.53. The molecule has 0 aromatic heterocycles. The van der Waals surface area contributed by atoms with Gasteiger partial charge in [0.25, 0.3) is 0 Å². The molecule has 0 atom stereocenters. The fourth-order valence-electron chi connectivity index (χ4n) is 0.713. The fourth-order valence-corrected chi connectivity index (χ4v) is 3.15. The van der Waals surface area contributed by atoms with Crippen molar-refractivity contribution >= 4 is 24.2 Å². The normalized spacial score (nSPS) is 11.5. The Labute approximate surface area is 77.6 Å². The minimum atomic E-state index is -2.42. The summed E-state index contributed by atoms with van der Waals surface area (Å²) in [6, 6.07) is 0. The van der Waals surface area contributed by atoms with Gasteiger partial charge in [0.1, 0.15) is 6.16 Å². The Morgan fingerprint density at radius 3 is 2.08 bits per heavy atom. The molecule has 6 heteroatoms. The van der Waals surface area contributed by atoms with Crippen LogP contribution >= 0.6 is 6.49 Å². The molecule has 0 heterocycles. The lowest BCUT2D eigenvalue weighted by molar-refractivity contribution is -0.115. The maximum Gasteiger partial charge on any atom is 0.227 e. The minimum absolute atomic E-state index is 0.0179. The van der Waals surface area contributed by atoms with Gasteiger partial charge in [-0.25, -0.2) is 0 Å². The molecule has 0 radical (unpaired) electrons. The van der Waals surface area contributed by atoms with Gasteiger partial charge in [0.05, 0.1) is 13.2 Å². The SMILES string of the molecule is CCOP(=S)(CC(N)=O)OCC. The van der Waals surface area contributed by atoms with E-state index >= 15 is 0 Å². The molecular formula is C6H14NO3PS. The van der Waals surface area contributed by atoms with Crippen LogP contribution in [0.4, 0.5) is 0 Å². The third-order valence-corrected chi connectivity index (χ3v) is 4.02. The van der Waals surface area contributed by atoms with Crippen LogP contribution in [0.25, 0.3) is 0 Å². The van der Waals surface area contributed by atoms with Crippen molar-refractivity contribution in [2.45, 2.75) is 13.8 Å². The van der Waals surface area contributed by atoms with Crippen molar-refractivity contribution < 1.29 is 13.8 Å². The average molecular weight is 211 g/mol. The van der Waals surface area contributed by atoms with Crippen LogP contribution in [0.2, 0.25) is 0 Å². The molecule has 72 valence electrons. The Hall–Kier alpha value is 0.0400. The predicted octanol–water partition coefficient (Wildman–Crippen LogP) is 0.854. The second-order valence-electron chi connectivity index (χ2n) is 2.07. The Morgan fingerprint density at radius 2 is 1.83 bits per heavy atom. The first kappa shape index (κ1) is 12.0. The Morgan fingerprint density at radius 1 is 1.42 bits per heavy atom. The summed E-state index contributed by atoms with van der Waals surface area (Å²) in [7, 11) is 0. The van der Waals surface area contributed by atoms with Crippen LogP contribution in [0.3, 0.4) is 0 Å². The Kier molecular flexibility index (Phi) is 5.66.